The van der Waals surface area contributed by atoms with E-state index in [0.29, 0.717) is 17.2 Å². The van der Waals surface area contributed by atoms with Gasteiger partial charge in [-0.05, 0) is 36.4 Å². The van der Waals surface area contributed by atoms with Crippen molar-refractivity contribution in [3.8, 4) is 17.2 Å². The highest BCUT2D eigenvalue weighted by atomic mass is 16.6. The van der Waals surface area contributed by atoms with Crippen LogP contribution < -0.4 is 9.39 Å². The molecule has 0 unspecified atom stereocenters. The third-order valence-corrected chi connectivity index (χ3v) is 1.94. The summed E-state index contributed by atoms with van der Waals surface area (Å²) in [5.41, 5.74) is 0. The maximum absolute atomic E-state index is 8.60. The highest BCUT2D eigenvalue weighted by Crippen LogP contribution is 2.22. The van der Waals surface area contributed by atoms with Crippen LogP contribution in [0.25, 0.3) is 0 Å². The molecule has 0 aliphatic carbocycles. The molecule has 0 atom stereocenters. The van der Waals surface area contributed by atoms with Gasteiger partial charge < -0.3 is 19.4 Å². The zero-order chi connectivity index (χ0) is 12.1. The van der Waals surface area contributed by atoms with Crippen molar-refractivity contribution in [3.05, 3.63) is 48.8 Å². The first-order valence-corrected chi connectivity index (χ1v) is 4.95. The van der Waals surface area contributed by atoms with Gasteiger partial charge in [-0.2, -0.15) is 0 Å². The van der Waals surface area contributed by atoms with Gasteiger partial charge in [0.05, 0.1) is 6.20 Å². The second-order valence-corrected chi connectivity index (χ2v) is 3.21. The molecule has 17 heavy (non-hydrogen) atoms. The fraction of sp³-hybridized carbons (Fsp3) is 0. The second kappa shape index (κ2) is 5.33. The van der Waals surface area contributed by atoms with E-state index in [4.69, 9.17) is 14.8 Å². The van der Waals surface area contributed by atoms with E-state index >= 15 is 0 Å². The summed E-state index contributed by atoms with van der Waals surface area (Å²) in [6, 6.07) is 10.0. The van der Waals surface area contributed by atoms with Gasteiger partial charge in [0.1, 0.15) is 17.2 Å². The number of benzene rings is 1. The molecule has 0 aliphatic heterocycles. The Bertz CT molecular complexity index is 461. The molecular formula is C11H10BNO4. The molecule has 0 saturated carbocycles. The second-order valence-electron chi connectivity index (χ2n) is 3.21. The van der Waals surface area contributed by atoms with Crippen molar-refractivity contribution in [1.82, 2.24) is 4.98 Å². The number of hydrogen-bond donors (Lipinski definition) is 2. The van der Waals surface area contributed by atoms with Crippen molar-refractivity contribution >= 4 is 7.32 Å². The zero-order valence-electron chi connectivity index (χ0n) is 8.85. The van der Waals surface area contributed by atoms with Gasteiger partial charge in [0.15, 0.2) is 0 Å². The van der Waals surface area contributed by atoms with Gasteiger partial charge in [0, 0.05) is 6.20 Å². The fourth-order valence-electron chi connectivity index (χ4n) is 1.25. The number of aromatic nitrogens is 1. The van der Waals surface area contributed by atoms with Gasteiger partial charge >= 0.3 is 7.32 Å². The third kappa shape index (κ3) is 3.48. The Morgan fingerprint density at radius 3 is 2.24 bits per heavy atom. The van der Waals surface area contributed by atoms with Crippen LogP contribution in [-0.4, -0.2) is 22.4 Å². The smallest absolute Gasteiger partial charge is 0.512 e. The Hall–Kier alpha value is -2.05. The van der Waals surface area contributed by atoms with Crippen LogP contribution in [0, 0.1) is 0 Å². The van der Waals surface area contributed by atoms with Crippen LogP contribution >= 0.6 is 0 Å². The van der Waals surface area contributed by atoms with Crippen LogP contribution in [-0.2, 0) is 0 Å². The largest absolute Gasteiger partial charge is 0.707 e. The Morgan fingerprint density at radius 2 is 1.65 bits per heavy atom. The molecule has 1 heterocycles. The number of rotatable bonds is 4. The first-order chi connectivity index (χ1) is 8.24. The molecule has 1 aromatic carbocycles. The first-order valence-electron chi connectivity index (χ1n) is 4.95. The first kappa shape index (κ1) is 11.4. The summed E-state index contributed by atoms with van der Waals surface area (Å²) in [6.07, 6.45) is 3.26. The van der Waals surface area contributed by atoms with Crippen molar-refractivity contribution in [3.63, 3.8) is 0 Å². The van der Waals surface area contributed by atoms with E-state index in [1.54, 1.807) is 48.8 Å². The van der Waals surface area contributed by atoms with Gasteiger partial charge in [0.2, 0.25) is 0 Å². The van der Waals surface area contributed by atoms with Gasteiger partial charge in [0.25, 0.3) is 0 Å². The van der Waals surface area contributed by atoms with Crippen molar-refractivity contribution < 1.29 is 19.4 Å². The molecule has 1 aromatic heterocycles. The topological polar surface area (TPSA) is 71.8 Å². The molecule has 0 fully saturated rings. The molecule has 0 aliphatic rings. The average Bonchev–Trinajstić information content (AvgIpc) is 2.32. The minimum absolute atomic E-state index is 0.346. The minimum atomic E-state index is -1.82. The summed E-state index contributed by atoms with van der Waals surface area (Å²) < 4.78 is 10.2. The van der Waals surface area contributed by atoms with E-state index in [0.717, 1.165) is 0 Å². The van der Waals surface area contributed by atoms with Crippen LogP contribution in [0.5, 0.6) is 17.2 Å². The molecular weight excluding hydrogens is 221 g/mol. The van der Waals surface area contributed by atoms with Crippen LogP contribution in [0.2, 0.25) is 0 Å². The number of ether oxygens (including phenoxy) is 1. The summed E-state index contributed by atoms with van der Waals surface area (Å²) in [4.78, 5) is 3.92. The Labute approximate surface area is 98.5 Å². The van der Waals surface area contributed by atoms with Gasteiger partial charge in [-0.15, -0.1) is 0 Å². The van der Waals surface area contributed by atoms with Crippen LogP contribution in [0.4, 0.5) is 0 Å². The Morgan fingerprint density at radius 1 is 0.941 bits per heavy atom. The van der Waals surface area contributed by atoms with E-state index < -0.39 is 7.32 Å². The van der Waals surface area contributed by atoms with Gasteiger partial charge in [-0.1, -0.05) is 0 Å². The van der Waals surface area contributed by atoms with E-state index in [1.165, 1.54) is 0 Å². The fourth-order valence-corrected chi connectivity index (χ4v) is 1.25. The molecule has 5 nitrogen and oxygen atoms in total. The highest BCUT2D eigenvalue weighted by Gasteiger charge is 2.10. The van der Waals surface area contributed by atoms with Gasteiger partial charge in [-0.3, -0.25) is 4.98 Å². The lowest BCUT2D eigenvalue weighted by Crippen LogP contribution is -2.20. The normalized spacial score (nSPS) is 9.76. The van der Waals surface area contributed by atoms with E-state index in [1.807, 2.05) is 0 Å². The van der Waals surface area contributed by atoms with Crippen molar-refractivity contribution in [2.24, 2.45) is 0 Å². The van der Waals surface area contributed by atoms with Crippen LogP contribution in [0.1, 0.15) is 0 Å². The minimum Gasteiger partial charge on any atom is -0.512 e. The van der Waals surface area contributed by atoms with Gasteiger partial charge in [-0.25, -0.2) is 0 Å². The van der Waals surface area contributed by atoms with Crippen molar-refractivity contribution in [2.45, 2.75) is 0 Å². The summed E-state index contributed by atoms with van der Waals surface area (Å²) in [6.45, 7) is 0. The number of nitrogens with zero attached hydrogens (tertiary/aromatic N) is 1. The Balaban J connectivity index is 2.03. The average molecular weight is 231 g/mol. The maximum Gasteiger partial charge on any atom is 0.707 e. The lowest BCUT2D eigenvalue weighted by Gasteiger charge is -2.07. The predicted octanol–water partition coefficient (Wildman–Crippen LogP) is 1.22. The molecule has 0 saturated heterocycles. The monoisotopic (exact) mass is 231 g/mol. The molecule has 2 rings (SSSR count). The predicted molar refractivity (Wildman–Crippen MR) is 61.6 cm³/mol. The third-order valence-electron chi connectivity index (χ3n) is 1.94. The van der Waals surface area contributed by atoms with Crippen molar-refractivity contribution in [2.75, 3.05) is 0 Å². The number of hydrogen-bond acceptors (Lipinski definition) is 5. The zero-order valence-corrected chi connectivity index (χ0v) is 8.85. The quantitative estimate of drug-likeness (QED) is 0.774. The highest BCUT2D eigenvalue weighted by molar-refractivity contribution is 6.33. The number of pyridine rings is 1. The summed E-state index contributed by atoms with van der Waals surface area (Å²) in [5.74, 6) is 1.58. The molecule has 0 radical (unpaired) electrons. The van der Waals surface area contributed by atoms with E-state index in [-0.39, 0.29) is 0 Å². The van der Waals surface area contributed by atoms with Crippen LogP contribution in [0.15, 0.2) is 48.8 Å². The summed E-state index contributed by atoms with van der Waals surface area (Å²) >= 11 is 0. The lowest BCUT2D eigenvalue weighted by atomic mass is 10.2. The molecule has 6 heteroatoms. The standard InChI is InChI=1S/C11H10BNO4/c14-12(15)17-10-5-3-9(4-6-10)16-11-2-1-7-13-8-11/h1-8,14-15H. The molecule has 0 bridgehead atoms. The molecule has 0 amide bonds. The lowest BCUT2D eigenvalue weighted by molar-refractivity contribution is 0.288. The molecule has 2 N–H and O–H groups in total. The summed E-state index contributed by atoms with van der Waals surface area (Å²) in [7, 11) is -1.82. The SMILES string of the molecule is OB(O)Oc1ccc(Oc2cccnc2)cc1. The molecule has 86 valence electrons. The van der Waals surface area contributed by atoms with E-state index in [2.05, 4.69) is 9.64 Å². The Kier molecular flexibility index (Phi) is 3.59. The molecule has 0 spiro atoms. The summed E-state index contributed by atoms with van der Waals surface area (Å²) in [5, 5.41) is 17.2. The van der Waals surface area contributed by atoms with Crippen molar-refractivity contribution in [1.29, 1.82) is 0 Å². The van der Waals surface area contributed by atoms with E-state index in [9.17, 15) is 0 Å². The molecule has 2 aromatic rings. The maximum atomic E-state index is 8.60. The van der Waals surface area contributed by atoms with Crippen LogP contribution in [0.3, 0.4) is 0 Å².